The number of fused-ring (bicyclic) bond motifs is 3. The van der Waals surface area contributed by atoms with Crippen LogP contribution in [0.25, 0.3) is 10.2 Å². The molecule has 3 aliphatic rings. The van der Waals surface area contributed by atoms with Crippen LogP contribution in [0, 0.1) is 0 Å². The molecule has 1 saturated heterocycles. The highest BCUT2D eigenvalue weighted by Gasteiger charge is 2.30. The quantitative estimate of drug-likeness (QED) is 0.788. The molecule has 0 radical (unpaired) electrons. The molecule has 0 spiro atoms. The molecule has 0 unspecified atom stereocenters. The van der Waals surface area contributed by atoms with Crippen LogP contribution in [0.2, 0.25) is 0 Å². The Kier molecular flexibility index (Phi) is 3.52. The summed E-state index contributed by atoms with van der Waals surface area (Å²) in [5, 5.41) is 1.37. The summed E-state index contributed by atoms with van der Waals surface area (Å²) in [5.41, 5.74) is 1.56. The lowest BCUT2D eigenvalue weighted by molar-refractivity contribution is 0.122. The van der Waals surface area contributed by atoms with Crippen molar-refractivity contribution in [3.8, 4) is 0 Å². The van der Waals surface area contributed by atoms with E-state index in [4.69, 9.17) is 14.7 Å². The molecule has 5 rings (SSSR count). The van der Waals surface area contributed by atoms with Gasteiger partial charge in [-0.2, -0.15) is 0 Å². The molecule has 5 heteroatoms. The van der Waals surface area contributed by atoms with Crippen molar-refractivity contribution in [3.05, 3.63) is 16.3 Å². The molecule has 1 saturated carbocycles. The van der Waals surface area contributed by atoms with Crippen LogP contribution in [0.1, 0.15) is 54.3 Å². The summed E-state index contributed by atoms with van der Waals surface area (Å²) in [6.45, 7) is 3.55. The molecule has 3 heterocycles. The highest BCUT2D eigenvalue weighted by molar-refractivity contribution is 7.19. The monoisotopic (exact) mass is 329 g/mol. The summed E-state index contributed by atoms with van der Waals surface area (Å²) >= 11 is 1.94. The fourth-order valence-corrected chi connectivity index (χ4v) is 5.12. The first kappa shape index (κ1) is 14.2. The van der Waals surface area contributed by atoms with Crippen LogP contribution in [-0.4, -0.2) is 36.3 Å². The van der Waals surface area contributed by atoms with Gasteiger partial charge in [-0.25, -0.2) is 9.97 Å². The van der Waals surface area contributed by atoms with Crippen molar-refractivity contribution in [2.75, 3.05) is 31.2 Å². The van der Waals surface area contributed by atoms with Gasteiger partial charge in [-0.3, -0.25) is 0 Å². The molecule has 1 aliphatic heterocycles. The van der Waals surface area contributed by atoms with Gasteiger partial charge in [-0.1, -0.05) is 6.42 Å². The highest BCUT2D eigenvalue weighted by atomic mass is 32.1. The van der Waals surface area contributed by atoms with Crippen molar-refractivity contribution >= 4 is 27.4 Å². The van der Waals surface area contributed by atoms with Crippen LogP contribution in [0.5, 0.6) is 0 Å². The second-order valence-corrected chi connectivity index (χ2v) is 8.11. The first-order chi connectivity index (χ1) is 11.4. The zero-order valence-electron chi connectivity index (χ0n) is 13.5. The van der Waals surface area contributed by atoms with E-state index in [0.29, 0.717) is 5.92 Å². The minimum atomic E-state index is 0.612. The maximum absolute atomic E-state index is 5.55. The van der Waals surface area contributed by atoms with Crippen LogP contribution in [0.3, 0.4) is 0 Å². The molecule has 2 aliphatic carbocycles. The van der Waals surface area contributed by atoms with E-state index in [-0.39, 0.29) is 0 Å². The number of hydrogen-bond acceptors (Lipinski definition) is 5. The lowest BCUT2D eigenvalue weighted by atomic mass is 10.1. The number of thiophene rings is 1. The van der Waals surface area contributed by atoms with Crippen molar-refractivity contribution in [3.63, 3.8) is 0 Å². The Bertz CT molecular complexity index is 731. The first-order valence-electron chi connectivity index (χ1n) is 9.05. The van der Waals surface area contributed by atoms with Crippen LogP contribution >= 0.6 is 11.3 Å². The second-order valence-electron chi connectivity index (χ2n) is 7.02. The van der Waals surface area contributed by atoms with Crippen LogP contribution in [0.4, 0.5) is 5.82 Å². The number of ether oxygens (including phenoxy) is 1. The summed E-state index contributed by atoms with van der Waals surface area (Å²) in [5.74, 6) is 2.91. The summed E-state index contributed by atoms with van der Waals surface area (Å²) in [6.07, 6.45) is 8.97. The summed E-state index contributed by atoms with van der Waals surface area (Å²) in [7, 11) is 0. The maximum atomic E-state index is 5.55. The van der Waals surface area contributed by atoms with Gasteiger partial charge >= 0.3 is 0 Å². The lowest BCUT2D eigenvalue weighted by Gasteiger charge is -2.29. The van der Waals surface area contributed by atoms with Gasteiger partial charge in [0, 0.05) is 23.9 Å². The Balaban J connectivity index is 1.69. The van der Waals surface area contributed by atoms with Crippen molar-refractivity contribution in [1.82, 2.24) is 9.97 Å². The molecule has 2 fully saturated rings. The molecule has 0 N–H and O–H groups in total. The predicted octanol–water partition coefficient (Wildman–Crippen LogP) is 3.67. The number of nitrogens with zero attached hydrogens (tertiary/aromatic N) is 3. The molecule has 0 atom stereocenters. The number of aryl methyl sites for hydroxylation is 2. The van der Waals surface area contributed by atoms with Crippen molar-refractivity contribution in [1.29, 1.82) is 0 Å². The third kappa shape index (κ3) is 2.54. The number of aromatic nitrogens is 2. The molecule has 2 aromatic heterocycles. The smallest absolute Gasteiger partial charge is 0.141 e. The molecular formula is C18H23N3OS. The number of hydrogen-bond donors (Lipinski definition) is 0. The maximum Gasteiger partial charge on any atom is 0.141 e. The van der Waals surface area contributed by atoms with Gasteiger partial charge in [0.05, 0.1) is 18.6 Å². The van der Waals surface area contributed by atoms with Gasteiger partial charge in [0.2, 0.25) is 0 Å². The Morgan fingerprint density at radius 1 is 1.00 bits per heavy atom. The molecule has 122 valence electrons. The van der Waals surface area contributed by atoms with E-state index in [0.717, 1.165) is 32.1 Å². The summed E-state index contributed by atoms with van der Waals surface area (Å²) in [4.78, 5) is 15.3. The molecule has 0 bridgehead atoms. The zero-order valence-corrected chi connectivity index (χ0v) is 14.3. The number of morpholine rings is 1. The topological polar surface area (TPSA) is 38.2 Å². The minimum Gasteiger partial charge on any atom is -0.378 e. The lowest BCUT2D eigenvalue weighted by Crippen LogP contribution is -2.37. The molecular weight excluding hydrogens is 306 g/mol. The number of anilines is 1. The first-order valence-corrected chi connectivity index (χ1v) is 9.86. The van der Waals surface area contributed by atoms with Crippen molar-refractivity contribution in [2.45, 2.75) is 50.9 Å². The van der Waals surface area contributed by atoms with E-state index >= 15 is 0 Å². The Labute approximate surface area is 140 Å². The SMILES string of the molecule is C1CCc2sc3nc(C4CC4)nc(N4CCOCC4)c3c2CC1. The Hall–Kier alpha value is -1.20. The van der Waals surface area contributed by atoms with E-state index in [1.54, 1.807) is 10.4 Å². The highest BCUT2D eigenvalue weighted by Crippen LogP contribution is 2.43. The largest absolute Gasteiger partial charge is 0.378 e. The standard InChI is InChI=1S/C18H23N3OS/c1-2-4-13-14(5-3-1)23-18-15(13)17(21-8-10-22-11-9-21)19-16(20-18)12-6-7-12/h12H,1-11H2. The van der Waals surface area contributed by atoms with Crippen LogP contribution in [-0.2, 0) is 17.6 Å². The number of rotatable bonds is 2. The van der Waals surface area contributed by atoms with E-state index < -0.39 is 0 Å². The van der Waals surface area contributed by atoms with Gasteiger partial charge in [0.25, 0.3) is 0 Å². The molecule has 23 heavy (non-hydrogen) atoms. The third-order valence-corrected chi connectivity index (χ3v) is 6.50. The van der Waals surface area contributed by atoms with E-state index in [2.05, 4.69) is 4.90 Å². The Morgan fingerprint density at radius 2 is 1.83 bits per heavy atom. The van der Waals surface area contributed by atoms with Crippen LogP contribution < -0.4 is 4.90 Å². The van der Waals surface area contributed by atoms with Gasteiger partial charge in [0.1, 0.15) is 16.5 Å². The minimum absolute atomic E-state index is 0.612. The molecule has 0 amide bonds. The van der Waals surface area contributed by atoms with Crippen LogP contribution in [0.15, 0.2) is 0 Å². The third-order valence-electron chi connectivity index (χ3n) is 5.32. The fraction of sp³-hybridized carbons (Fsp3) is 0.667. The van der Waals surface area contributed by atoms with Gasteiger partial charge in [-0.05, 0) is 44.1 Å². The molecule has 2 aromatic rings. The van der Waals surface area contributed by atoms with Crippen molar-refractivity contribution < 1.29 is 4.74 Å². The van der Waals surface area contributed by atoms with Gasteiger partial charge in [-0.15, -0.1) is 11.3 Å². The predicted molar refractivity (Wildman–Crippen MR) is 93.7 cm³/mol. The molecule has 0 aromatic carbocycles. The van der Waals surface area contributed by atoms with E-state index in [9.17, 15) is 0 Å². The molecule has 4 nitrogen and oxygen atoms in total. The van der Waals surface area contributed by atoms with E-state index in [1.165, 1.54) is 61.0 Å². The average molecular weight is 329 g/mol. The van der Waals surface area contributed by atoms with Crippen molar-refractivity contribution in [2.24, 2.45) is 0 Å². The fourth-order valence-electron chi connectivity index (χ4n) is 3.86. The average Bonchev–Trinajstić information content (AvgIpc) is 3.40. The van der Waals surface area contributed by atoms with Gasteiger partial charge < -0.3 is 9.64 Å². The summed E-state index contributed by atoms with van der Waals surface area (Å²) < 4.78 is 5.55. The van der Waals surface area contributed by atoms with E-state index in [1.807, 2.05) is 11.3 Å². The second kappa shape index (κ2) is 5.71. The van der Waals surface area contributed by atoms with Gasteiger partial charge in [0.15, 0.2) is 0 Å². The zero-order chi connectivity index (χ0) is 15.2. The normalized spacial score (nSPS) is 22.2. The summed E-state index contributed by atoms with van der Waals surface area (Å²) in [6, 6.07) is 0. The Morgan fingerprint density at radius 3 is 2.65 bits per heavy atom.